The average Bonchev–Trinajstić information content (AvgIpc) is 2.98. The summed E-state index contributed by atoms with van der Waals surface area (Å²) in [5, 5.41) is 4.82. The molecule has 4 aromatic carbocycles. The van der Waals surface area contributed by atoms with Gasteiger partial charge in [-0.25, -0.2) is 16.8 Å². The van der Waals surface area contributed by atoms with Crippen molar-refractivity contribution in [2.75, 3.05) is 34.6 Å². The second kappa shape index (κ2) is 13.7. The predicted octanol–water partition coefficient (Wildman–Crippen LogP) is 2.83. The second-order valence-electron chi connectivity index (χ2n) is 10.7. The van der Waals surface area contributed by atoms with Gasteiger partial charge in [-0.1, -0.05) is 24.3 Å². The van der Waals surface area contributed by atoms with Crippen molar-refractivity contribution in [1.82, 2.24) is 0 Å². The van der Waals surface area contributed by atoms with Crippen molar-refractivity contribution in [2.24, 2.45) is 0 Å². The molecule has 0 spiro atoms. The lowest BCUT2D eigenvalue weighted by molar-refractivity contribution is 0.101. The lowest BCUT2D eigenvalue weighted by Crippen LogP contribution is -2.14. The van der Waals surface area contributed by atoms with Gasteiger partial charge in [-0.15, -0.1) is 0 Å². The maximum absolute atomic E-state index is 12.8. The number of carbonyl (C=O) groups excluding carboxylic acids is 2. The summed E-state index contributed by atoms with van der Waals surface area (Å²) in [6.07, 6.45) is 4.09. The molecule has 0 aliphatic heterocycles. The van der Waals surface area contributed by atoms with Gasteiger partial charge in [0.05, 0.1) is 21.2 Å². The first-order valence-electron chi connectivity index (χ1n) is 13.7. The zero-order chi connectivity index (χ0) is 37.4. The van der Waals surface area contributed by atoms with Gasteiger partial charge < -0.3 is 22.1 Å². The molecule has 0 radical (unpaired) electrons. The third-order valence-corrected chi connectivity index (χ3v) is 11.0. The summed E-state index contributed by atoms with van der Waals surface area (Å²) in [5.41, 5.74) is 10.5. The molecule has 0 heterocycles. The molecule has 0 saturated carbocycles. The molecular formula is C30H28N4O12S4. The van der Waals surface area contributed by atoms with Crippen LogP contribution in [-0.4, -0.2) is 67.1 Å². The highest BCUT2D eigenvalue weighted by Crippen LogP contribution is 2.28. The highest BCUT2D eigenvalue weighted by atomic mass is 32.2. The van der Waals surface area contributed by atoms with Crippen molar-refractivity contribution in [3.8, 4) is 0 Å². The summed E-state index contributed by atoms with van der Waals surface area (Å²) >= 11 is 0. The van der Waals surface area contributed by atoms with E-state index in [1.54, 1.807) is 0 Å². The number of carbonyl (C=O) groups is 2. The van der Waals surface area contributed by atoms with Crippen molar-refractivity contribution in [3.05, 3.63) is 95.1 Å². The molecule has 0 aromatic heterocycles. The number of nitrogen functional groups attached to an aromatic ring is 2. The van der Waals surface area contributed by atoms with E-state index >= 15 is 0 Å². The molecule has 2 amide bonds. The van der Waals surface area contributed by atoms with Crippen molar-refractivity contribution < 1.29 is 52.4 Å². The molecule has 0 aliphatic rings. The summed E-state index contributed by atoms with van der Waals surface area (Å²) in [5.74, 6) is -1.58. The first-order chi connectivity index (χ1) is 22.9. The van der Waals surface area contributed by atoms with Crippen molar-refractivity contribution >= 4 is 86.6 Å². The van der Waals surface area contributed by atoms with Crippen LogP contribution in [0, 0.1) is 0 Å². The minimum Gasteiger partial charge on any atom is -0.398 e. The molecule has 8 N–H and O–H groups in total. The van der Waals surface area contributed by atoms with Crippen LogP contribution >= 0.6 is 0 Å². The van der Waals surface area contributed by atoms with E-state index in [2.05, 4.69) is 10.6 Å². The van der Waals surface area contributed by atoms with Gasteiger partial charge in [0.25, 0.3) is 32.1 Å². The highest BCUT2D eigenvalue weighted by Gasteiger charge is 2.20. The van der Waals surface area contributed by atoms with Crippen LogP contribution in [0.15, 0.2) is 92.4 Å². The van der Waals surface area contributed by atoms with E-state index in [0.717, 1.165) is 61.1 Å². The summed E-state index contributed by atoms with van der Waals surface area (Å²) in [7, 11) is -17.2. The molecule has 4 aromatic rings. The van der Waals surface area contributed by atoms with E-state index < -0.39 is 61.5 Å². The number of nitrogens with one attached hydrogen (secondary N) is 2. The van der Waals surface area contributed by atoms with Crippen LogP contribution in [0.1, 0.15) is 31.8 Å². The fourth-order valence-electron chi connectivity index (χ4n) is 4.59. The molecule has 0 atom stereocenters. The third kappa shape index (κ3) is 8.91. The largest absolute Gasteiger partial charge is 0.398 e. The van der Waals surface area contributed by atoms with E-state index in [1.165, 1.54) is 36.4 Å². The van der Waals surface area contributed by atoms with E-state index in [1.807, 2.05) is 0 Å². The standard InChI is InChI=1S/C30H28N4O12S4/c1-47(37,38)25-11-7-19(13-23(25)31)29(35)33-21-9-5-17(27(15-21)49(41,42)43)3-4-18-6-10-22(16-28(18)50(44,45)46)34-30(36)20-8-12-26(24(32)14-20)48(2,39)40/h3-16H,31-32H2,1-2H3,(H,33,35)(H,34,36)(H,41,42,43)(H,44,45,46). The molecule has 0 bridgehead atoms. The van der Waals surface area contributed by atoms with Crippen LogP contribution in [0.25, 0.3) is 12.2 Å². The van der Waals surface area contributed by atoms with Gasteiger partial charge in [0.1, 0.15) is 9.79 Å². The Bertz CT molecular complexity index is 2370. The average molecular weight is 765 g/mol. The Kier molecular flexibility index (Phi) is 10.3. The Labute approximate surface area is 287 Å². The summed E-state index contributed by atoms with van der Waals surface area (Å²) < 4.78 is 116. The number of rotatable bonds is 10. The second-order valence-corrected chi connectivity index (χ2v) is 17.5. The number of sulfone groups is 2. The zero-order valence-corrected chi connectivity index (χ0v) is 29.1. The Morgan fingerprint density at radius 3 is 1.16 bits per heavy atom. The number of hydrogen-bond acceptors (Lipinski definition) is 12. The molecule has 4 rings (SSSR count). The molecule has 0 unspecified atom stereocenters. The van der Waals surface area contributed by atoms with Gasteiger partial charge in [0.15, 0.2) is 19.7 Å². The van der Waals surface area contributed by atoms with Crippen LogP contribution in [0.5, 0.6) is 0 Å². The molecule has 264 valence electrons. The lowest BCUT2D eigenvalue weighted by atomic mass is 10.1. The van der Waals surface area contributed by atoms with Crippen LogP contribution < -0.4 is 22.1 Å². The van der Waals surface area contributed by atoms with Crippen LogP contribution in [-0.2, 0) is 39.9 Å². The van der Waals surface area contributed by atoms with Crippen molar-refractivity contribution in [2.45, 2.75) is 19.6 Å². The molecule has 0 fully saturated rings. The summed E-state index contributed by atoms with van der Waals surface area (Å²) in [6.45, 7) is 0. The molecule has 0 saturated heterocycles. The minimum absolute atomic E-state index is 0.0568. The Hall–Kier alpha value is -5.12. The SMILES string of the molecule is CS(=O)(=O)c1ccc(C(=O)Nc2ccc(C=Cc3ccc(NC(=O)c4ccc(S(C)(=O)=O)c(N)c4)cc3S(=O)(=O)O)c(S(=O)(=O)O)c2)cc1N. The summed E-state index contributed by atoms with van der Waals surface area (Å²) in [6, 6.07) is 13.6. The monoisotopic (exact) mass is 764 g/mol. The Morgan fingerprint density at radius 1 is 0.540 bits per heavy atom. The zero-order valence-electron chi connectivity index (χ0n) is 25.8. The fourth-order valence-corrected chi connectivity index (χ4v) is 7.61. The fraction of sp³-hybridized carbons (Fsp3) is 0.0667. The predicted molar refractivity (Wildman–Crippen MR) is 185 cm³/mol. The topological polar surface area (TPSA) is 287 Å². The minimum atomic E-state index is -4.94. The van der Waals surface area contributed by atoms with Crippen LogP contribution in [0.3, 0.4) is 0 Å². The number of amides is 2. The molecule has 20 heteroatoms. The first kappa shape index (κ1) is 37.7. The number of nitrogens with two attached hydrogens (primary N) is 2. The number of anilines is 4. The summed E-state index contributed by atoms with van der Waals surface area (Å²) in [4.78, 5) is 23.8. The first-order valence-corrected chi connectivity index (χ1v) is 20.3. The molecular weight excluding hydrogens is 737 g/mol. The lowest BCUT2D eigenvalue weighted by Gasteiger charge is -2.11. The number of hydrogen-bond donors (Lipinski definition) is 6. The molecule has 0 aliphatic carbocycles. The quantitative estimate of drug-likeness (QED) is 0.0769. The third-order valence-electron chi connectivity index (χ3n) is 6.88. The maximum Gasteiger partial charge on any atom is 0.295 e. The van der Waals surface area contributed by atoms with Crippen LogP contribution in [0.2, 0.25) is 0 Å². The van der Waals surface area contributed by atoms with E-state index in [4.69, 9.17) is 11.5 Å². The molecule has 16 nitrogen and oxygen atoms in total. The van der Waals surface area contributed by atoms with Gasteiger partial charge >= 0.3 is 0 Å². The molecule has 50 heavy (non-hydrogen) atoms. The van der Waals surface area contributed by atoms with E-state index in [9.17, 15) is 52.4 Å². The van der Waals surface area contributed by atoms with Crippen molar-refractivity contribution in [3.63, 3.8) is 0 Å². The Morgan fingerprint density at radius 2 is 0.880 bits per heavy atom. The normalized spacial score (nSPS) is 12.5. The number of benzene rings is 4. The van der Waals surface area contributed by atoms with E-state index in [0.29, 0.717) is 0 Å². The van der Waals surface area contributed by atoms with Crippen LogP contribution in [0.4, 0.5) is 22.7 Å². The highest BCUT2D eigenvalue weighted by molar-refractivity contribution is 7.91. The Balaban J connectivity index is 1.62. The maximum atomic E-state index is 12.8. The van der Waals surface area contributed by atoms with Gasteiger partial charge in [-0.3, -0.25) is 18.7 Å². The van der Waals surface area contributed by atoms with Gasteiger partial charge in [-0.05, 0) is 71.8 Å². The smallest absolute Gasteiger partial charge is 0.295 e. The van der Waals surface area contributed by atoms with Gasteiger partial charge in [-0.2, -0.15) is 16.8 Å². The van der Waals surface area contributed by atoms with E-state index in [-0.39, 0.29) is 54.8 Å². The van der Waals surface area contributed by atoms with Gasteiger partial charge in [0.2, 0.25) is 0 Å². The van der Waals surface area contributed by atoms with Gasteiger partial charge in [0, 0.05) is 35.0 Å². The van der Waals surface area contributed by atoms with Crippen molar-refractivity contribution in [1.29, 1.82) is 0 Å².